The Bertz CT molecular complexity index is 644. The van der Waals surface area contributed by atoms with Gasteiger partial charge in [-0.15, -0.1) is 0 Å². The molecule has 0 N–H and O–H groups in total. The van der Waals surface area contributed by atoms with Crippen LogP contribution in [0.2, 0.25) is 0 Å². The molecule has 0 saturated carbocycles. The molecule has 1 aromatic rings. The van der Waals surface area contributed by atoms with E-state index >= 15 is 0 Å². The van der Waals surface area contributed by atoms with Crippen molar-refractivity contribution in [3.63, 3.8) is 0 Å². The Balaban J connectivity index is 2.75. The molecule has 116 valence electrons. The third-order valence-electron chi connectivity index (χ3n) is 2.28. The summed E-state index contributed by atoms with van der Waals surface area (Å²) in [5.74, 6) is -4.48. The monoisotopic (exact) mass is 316 g/mol. The van der Waals surface area contributed by atoms with Crippen LogP contribution >= 0.6 is 0 Å². The highest BCUT2D eigenvalue weighted by molar-refractivity contribution is 7.92. The van der Waals surface area contributed by atoms with Gasteiger partial charge in [-0.25, -0.2) is 12.8 Å². The maximum absolute atomic E-state index is 13.4. The van der Waals surface area contributed by atoms with Crippen molar-refractivity contribution in [2.45, 2.75) is 26.4 Å². The van der Waals surface area contributed by atoms with E-state index in [1.165, 1.54) is 18.2 Å². The number of carbonyl (C=O) groups is 2. The average Bonchev–Trinajstić information content (AvgIpc) is 2.24. The topological polar surface area (TPSA) is 77.5 Å². The lowest BCUT2D eigenvalue weighted by Crippen LogP contribution is -2.31. The molecule has 0 saturated heterocycles. The quantitative estimate of drug-likeness (QED) is 0.611. The average molecular weight is 316 g/mol. The second kappa shape index (κ2) is 6.34. The van der Waals surface area contributed by atoms with Gasteiger partial charge in [0.05, 0.1) is 5.56 Å². The number of benzene rings is 1. The first-order valence-corrected chi connectivity index (χ1v) is 8.02. The van der Waals surface area contributed by atoms with Crippen molar-refractivity contribution in [2.24, 2.45) is 0 Å². The summed E-state index contributed by atoms with van der Waals surface area (Å²) in [7, 11) is -4.01. The Kier molecular flexibility index (Phi) is 5.22. The number of carbonyl (C=O) groups excluding carboxylic acids is 2. The van der Waals surface area contributed by atoms with Gasteiger partial charge < -0.3 is 4.74 Å². The van der Waals surface area contributed by atoms with E-state index in [0.717, 1.165) is 6.07 Å². The molecular weight excluding hydrogens is 299 g/mol. The first kappa shape index (κ1) is 17.3. The summed E-state index contributed by atoms with van der Waals surface area (Å²) >= 11 is 0. The summed E-state index contributed by atoms with van der Waals surface area (Å²) in [6, 6.07) is 5.08. The molecule has 0 amide bonds. The van der Waals surface area contributed by atoms with E-state index in [2.05, 4.69) is 0 Å². The number of halogens is 1. The third kappa shape index (κ3) is 6.03. The number of rotatable bonds is 5. The van der Waals surface area contributed by atoms with E-state index in [-0.39, 0.29) is 5.56 Å². The molecule has 0 atom stereocenters. The van der Waals surface area contributed by atoms with Crippen LogP contribution in [-0.4, -0.2) is 37.3 Å². The zero-order chi connectivity index (χ0) is 16.3. The van der Waals surface area contributed by atoms with E-state index in [9.17, 15) is 22.4 Å². The molecule has 0 bridgehead atoms. The predicted octanol–water partition coefficient (Wildman–Crippen LogP) is 1.76. The van der Waals surface area contributed by atoms with Crippen molar-refractivity contribution >= 4 is 21.6 Å². The van der Waals surface area contributed by atoms with Gasteiger partial charge in [-0.1, -0.05) is 12.1 Å². The van der Waals surface area contributed by atoms with Crippen LogP contribution in [-0.2, 0) is 19.4 Å². The normalized spacial score (nSPS) is 12.0. The van der Waals surface area contributed by atoms with Crippen molar-refractivity contribution in [3.05, 3.63) is 35.6 Å². The van der Waals surface area contributed by atoms with Crippen LogP contribution in [0.3, 0.4) is 0 Å². The number of ether oxygens (including phenoxy) is 1. The zero-order valence-electron chi connectivity index (χ0n) is 12.1. The van der Waals surface area contributed by atoms with Crippen molar-refractivity contribution in [1.29, 1.82) is 0 Å². The van der Waals surface area contributed by atoms with Crippen molar-refractivity contribution in [1.82, 2.24) is 0 Å². The number of ketones is 1. The van der Waals surface area contributed by atoms with Gasteiger partial charge in [-0.2, -0.15) is 0 Å². The maximum Gasteiger partial charge on any atom is 0.321 e. The SMILES string of the molecule is CC(C)(C)OC(=O)CS(=O)(=O)CC(=O)c1ccccc1F. The molecule has 0 spiro atoms. The molecular formula is C14H17FO5S. The van der Waals surface area contributed by atoms with Gasteiger partial charge in [0, 0.05) is 0 Å². The molecule has 7 heteroatoms. The summed E-state index contributed by atoms with van der Waals surface area (Å²) in [6.07, 6.45) is 0. The van der Waals surface area contributed by atoms with E-state index < -0.39 is 44.5 Å². The van der Waals surface area contributed by atoms with Crippen LogP contribution in [0.4, 0.5) is 4.39 Å². The summed E-state index contributed by atoms with van der Waals surface area (Å²) in [4.78, 5) is 23.2. The Morgan fingerprint density at radius 2 is 1.71 bits per heavy atom. The van der Waals surface area contributed by atoms with Crippen LogP contribution in [0.1, 0.15) is 31.1 Å². The molecule has 0 fully saturated rings. The molecule has 0 aromatic heterocycles. The molecule has 5 nitrogen and oxygen atoms in total. The summed E-state index contributed by atoms with van der Waals surface area (Å²) in [5, 5.41) is 0. The van der Waals surface area contributed by atoms with Crippen LogP contribution in [0.5, 0.6) is 0 Å². The highest BCUT2D eigenvalue weighted by Crippen LogP contribution is 2.11. The first-order chi connectivity index (χ1) is 9.50. The van der Waals surface area contributed by atoms with E-state index in [0.29, 0.717) is 0 Å². The molecule has 1 aromatic carbocycles. The number of sulfone groups is 1. The zero-order valence-corrected chi connectivity index (χ0v) is 12.9. The smallest absolute Gasteiger partial charge is 0.321 e. The lowest BCUT2D eigenvalue weighted by molar-refractivity contribution is -0.151. The molecule has 0 unspecified atom stereocenters. The Morgan fingerprint density at radius 3 is 2.24 bits per heavy atom. The van der Waals surface area contributed by atoms with Gasteiger partial charge in [0.25, 0.3) is 0 Å². The standard InChI is InChI=1S/C14H17FO5S/c1-14(2,3)20-13(17)9-21(18,19)8-12(16)10-6-4-5-7-11(10)15/h4-7H,8-9H2,1-3H3. The van der Waals surface area contributed by atoms with E-state index in [1.54, 1.807) is 20.8 Å². The molecule has 0 aliphatic heterocycles. The van der Waals surface area contributed by atoms with Gasteiger partial charge in [0.15, 0.2) is 15.6 Å². The number of hydrogen-bond donors (Lipinski definition) is 0. The molecule has 1 rings (SSSR count). The summed E-state index contributed by atoms with van der Waals surface area (Å²) in [5.41, 5.74) is -1.13. The van der Waals surface area contributed by atoms with Gasteiger partial charge in [0.1, 0.15) is 22.9 Å². The molecule has 0 aliphatic carbocycles. The fourth-order valence-corrected chi connectivity index (χ4v) is 2.64. The summed E-state index contributed by atoms with van der Waals surface area (Å²) < 4.78 is 41.8. The van der Waals surface area contributed by atoms with Crippen LogP contribution < -0.4 is 0 Å². The second-order valence-electron chi connectivity index (χ2n) is 5.52. The van der Waals surface area contributed by atoms with Crippen molar-refractivity contribution in [3.8, 4) is 0 Å². The minimum atomic E-state index is -4.01. The predicted molar refractivity (Wildman–Crippen MR) is 75.2 cm³/mol. The summed E-state index contributed by atoms with van der Waals surface area (Å²) in [6.45, 7) is 4.80. The Labute approximate surface area is 123 Å². The van der Waals surface area contributed by atoms with Crippen LogP contribution in [0.15, 0.2) is 24.3 Å². The lowest BCUT2D eigenvalue weighted by atomic mass is 10.1. The number of esters is 1. The lowest BCUT2D eigenvalue weighted by Gasteiger charge is -2.19. The molecule has 0 heterocycles. The van der Waals surface area contributed by atoms with Gasteiger partial charge in [-0.3, -0.25) is 9.59 Å². The molecule has 0 radical (unpaired) electrons. The highest BCUT2D eigenvalue weighted by atomic mass is 32.2. The van der Waals surface area contributed by atoms with Crippen LogP contribution in [0, 0.1) is 5.82 Å². The van der Waals surface area contributed by atoms with E-state index in [4.69, 9.17) is 4.74 Å². The fourth-order valence-electron chi connectivity index (χ4n) is 1.57. The maximum atomic E-state index is 13.4. The third-order valence-corrected chi connectivity index (χ3v) is 3.66. The number of hydrogen-bond acceptors (Lipinski definition) is 5. The fraction of sp³-hybridized carbons (Fsp3) is 0.429. The van der Waals surface area contributed by atoms with Gasteiger partial charge in [-0.05, 0) is 32.9 Å². The molecule has 0 aliphatic rings. The first-order valence-electron chi connectivity index (χ1n) is 6.20. The minimum absolute atomic E-state index is 0.315. The van der Waals surface area contributed by atoms with Crippen molar-refractivity contribution in [2.75, 3.05) is 11.5 Å². The second-order valence-corrected chi connectivity index (χ2v) is 7.59. The van der Waals surface area contributed by atoms with E-state index in [1.807, 2.05) is 0 Å². The largest absolute Gasteiger partial charge is 0.459 e. The molecule has 21 heavy (non-hydrogen) atoms. The van der Waals surface area contributed by atoms with Gasteiger partial charge >= 0.3 is 5.97 Å². The van der Waals surface area contributed by atoms with Crippen LogP contribution in [0.25, 0.3) is 0 Å². The number of Topliss-reactive ketones (excluding diaryl/α,β-unsaturated/α-hetero) is 1. The highest BCUT2D eigenvalue weighted by Gasteiger charge is 2.26. The Hall–Kier alpha value is -1.76. The minimum Gasteiger partial charge on any atom is -0.459 e. The Morgan fingerprint density at radius 1 is 1.14 bits per heavy atom. The van der Waals surface area contributed by atoms with Gasteiger partial charge in [0.2, 0.25) is 0 Å². The van der Waals surface area contributed by atoms with Crippen molar-refractivity contribution < 1.29 is 27.1 Å².